The van der Waals surface area contributed by atoms with Crippen LogP contribution < -0.4 is 4.74 Å². The van der Waals surface area contributed by atoms with Gasteiger partial charge in [0.05, 0.1) is 0 Å². The normalized spacial score (nSPS) is 11.4. The third-order valence-electron chi connectivity index (χ3n) is 2.93. The third-order valence-corrected chi connectivity index (χ3v) is 3.82. The minimum absolute atomic E-state index is 0.609. The minimum atomic E-state index is -0.609. The lowest BCUT2D eigenvalue weighted by Crippen LogP contribution is -2.08. The largest absolute Gasteiger partial charge is 0.478 e. The standard InChI is InChI=1S/C18H16O2S/c1-3-14-5-9-16(10-6-14)20-18(13-19)15-7-11-17(12-8-15)21-4-2/h1,5-13,18H,4H2,2H3. The molecule has 2 aromatic rings. The third kappa shape index (κ3) is 4.14. The summed E-state index contributed by atoms with van der Waals surface area (Å²) in [5.74, 6) is 4.19. The van der Waals surface area contributed by atoms with Gasteiger partial charge >= 0.3 is 0 Å². The quantitative estimate of drug-likeness (QED) is 0.456. The number of benzene rings is 2. The molecule has 0 aromatic heterocycles. The second kappa shape index (κ2) is 7.56. The zero-order chi connectivity index (χ0) is 15.1. The Kier molecular flexibility index (Phi) is 5.48. The van der Waals surface area contributed by atoms with Crippen LogP contribution in [0.4, 0.5) is 0 Å². The van der Waals surface area contributed by atoms with E-state index in [1.807, 2.05) is 24.3 Å². The molecular formula is C18H16O2S. The van der Waals surface area contributed by atoms with Gasteiger partial charge in [0.1, 0.15) is 5.75 Å². The molecule has 0 spiro atoms. The molecule has 0 fully saturated rings. The Hall–Kier alpha value is -2.18. The summed E-state index contributed by atoms with van der Waals surface area (Å²) in [5.41, 5.74) is 1.62. The summed E-state index contributed by atoms with van der Waals surface area (Å²) in [7, 11) is 0. The van der Waals surface area contributed by atoms with Crippen molar-refractivity contribution >= 4 is 18.0 Å². The van der Waals surface area contributed by atoms with Crippen molar-refractivity contribution in [2.24, 2.45) is 0 Å². The first-order valence-electron chi connectivity index (χ1n) is 6.68. The Bertz CT molecular complexity index is 624. The molecule has 21 heavy (non-hydrogen) atoms. The van der Waals surface area contributed by atoms with Crippen LogP contribution in [0.25, 0.3) is 0 Å². The van der Waals surface area contributed by atoms with Gasteiger partial charge in [-0.05, 0) is 47.7 Å². The molecule has 0 N–H and O–H groups in total. The van der Waals surface area contributed by atoms with Gasteiger partial charge in [0.15, 0.2) is 12.4 Å². The summed E-state index contributed by atoms with van der Waals surface area (Å²) in [6.07, 6.45) is 5.50. The molecule has 0 heterocycles. The van der Waals surface area contributed by atoms with E-state index in [2.05, 4.69) is 12.8 Å². The van der Waals surface area contributed by atoms with Crippen molar-refractivity contribution in [2.75, 3.05) is 5.75 Å². The van der Waals surface area contributed by atoms with E-state index >= 15 is 0 Å². The molecule has 1 unspecified atom stereocenters. The molecule has 0 aliphatic rings. The van der Waals surface area contributed by atoms with E-state index < -0.39 is 6.10 Å². The molecule has 0 bridgehead atoms. The van der Waals surface area contributed by atoms with Gasteiger partial charge in [-0.1, -0.05) is 25.0 Å². The fourth-order valence-electron chi connectivity index (χ4n) is 1.87. The predicted molar refractivity (Wildman–Crippen MR) is 86.7 cm³/mol. The number of aldehydes is 1. The van der Waals surface area contributed by atoms with E-state index in [1.54, 1.807) is 36.0 Å². The van der Waals surface area contributed by atoms with E-state index in [0.29, 0.717) is 5.75 Å². The maximum absolute atomic E-state index is 11.3. The van der Waals surface area contributed by atoms with Crippen molar-refractivity contribution in [1.82, 2.24) is 0 Å². The van der Waals surface area contributed by atoms with Gasteiger partial charge in [-0.25, -0.2) is 0 Å². The van der Waals surface area contributed by atoms with Crippen LogP contribution in [0.5, 0.6) is 5.75 Å². The number of hydrogen-bond donors (Lipinski definition) is 0. The maximum Gasteiger partial charge on any atom is 0.179 e. The highest BCUT2D eigenvalue weighted by molar-refractivity contribution is 7.99. The fraction of sp³-hybridized carbons (Fsp3) is 0.167. The van der Waals surface area contributed by atoms with Crippen molar-refractivity contribution < 1.29 is 9.53 Å². The summed E-state index contributed by atoms with van der Waals surface area (Å²) in [6.45, 7) is 2.11. The summed E-state index contributed by atoms with van der Waals surface area (Å²) in [6, 6.07) is 15.0. The SMILES string of the molecule is C#Cc1ccc(OC(C=O)c2ccc(SCC)cc2)cc1. The van der Waals surface area contributed by atoms with Crippen LogP contribution in [0.3, 0.4) is 0 Å². The van der Waals surface area contributed by atoms with Crippen LogP contribution in [-0.2, 0) is 4.79 Å². The lowest BCUT2D eigenvalue weighted by atomic mass is 10.1. The molecule has 106 valence electrons. The molecule has 0 saturated carbocycles. The molecule has 0 aliphatic carbocycles. The number of hydrogen-bond acceptors (Lipinski definition) is 3. The van der Waals surface area contributed by atoms with E-state index in [-0.39, 0.29) is 0 Å². The fourth-order valence-corrected chi connectivity index (χ4v) is 2.53. The Morgan fingerprint density at radius 3 is 2.38 bits per heavy atom. The van der Waals surface area contributed by atoms with Gasteiger partial charge in [0.2, 0.25) is 0 Å². The Labute approximate surface area is 129 Å². The summed E-state index contributed by atoms with van der Waals surface area (Å²) in [4.78, 5) is 12.5. The van der Waals surface area contributed by atoms with Crippen LogP contribution in [0.15, 0.2) is 53.4 Å². The highest BCUT2D eigenvalue weighted by atomic mass is 32.2. The molecule has 3 heteroatoms. The first-order valence-corrected chi connectivity index (χ1v) is 7.66. The summed E-state index contributed by atoms with van der Waals surface area (Å²) in [5, 5.41) is 0. The van der Waals surface area contributed by atoms with Gasteiger partial charge in [-0.2, -0.15) is 0 Å². The Morgan fingerprint density at radius 2 is 1.86 bits per heavy atom. The molecule has 0 amide bonds. The maximum atomic E-state index is 11.3. The molecule has 0 saturated heterocycles. The summed E-state index contributed by atoms with van der Waals surface area (Å²) >= 11 is 1.76. The first kappa shape index (κ1) is 15.2. The lowest BCUT2D eigenvalue weighted by molar-refractivity contribution is -0.113. The zero-order valence-corrected chi connectivity index (χ0v) is 12.6. The molecule has 0 aliphatic heterocycles. The molecule has 2 aromatic carbocycles. The van der Waals surface area contributed by atoms with Crippen LogP contribution in [0.2, 0.25) is 0 Å². The lowest BCUT2D eigenvalue weighted by Gasteiger charge is -2.14. The van der Waals surface area contributed by atoms with Crippen molar-refractivity contribution in [3.63, 3.8) is 0 Å². The van der Waals surface area contributed by atoms with Gasteiger partial charge in [-0.3, -0.25) is 4.79 Å². The van der Waals surface area contributed by atoms with Crippen molar-refractivity contribution in [2.45, 2.75) is 17.9 Å². The molecule has 2 nitrogen and oxygen atoms in total. The van der Waals surface area contributed by atoms with Gasteiger partial charge in [0.25, 0.3) is 0 Å². The van der Waals surface area contributed by atoms with E-state index in [0.717, 1.165) is 23.2 Å². The first-order chi connectivity index (χ1) is 10.3. The summed E-state index contributed by atoms with van der Waals surface area (Å²) < 4.78 is 5.71. The van der Waals surface area contributed by atoms with Crippen LogP contribution in [0.1, 0.15) is 24.2 Å². The van der Waals surface area contributed by atoms with E-state index in [4.69, 9.17) is 11.2 Å². The average Bonchev–Trinajstić information content (AvgIpc) is 2.54. The Balaban J connectivity index is 2.11. The predicted octanol–water partition coefficient (Wildman–Crippen LogP) is 4.10. The molecule has 0 radical (unpaired) electrons. The number of carbonyl (C=O) groups is 1. The van der Waals surface area contributed by atoms with Gasteiger partial charge < -0.3 is 4.74 Å². The monoisotopic (exact) mass is 296 g/mol. The number of terminal acetylenes is 1. The zero-order valence-electron chi connectivity index (χ0n) is 11.8. The Morgan fingerprint density at radius 1 is 1.19 bits per heavy atom. The number of carbonyl (C=O) groups excluding carboxylic acids is 1. The minimum Gasteiger partial charge on any atom is -0.478 e. The van der Waals surface area contributed by atoms with E-state index in [1.165, 1.54) is 4.90 Å². The van der Waals surface area contributed by atoms with Crippen LogP contribution in [-0.4, -0.2) is 12.0 Å². The highest BCUT2D eigenvalue weighted by Gasteiger charge is 2.12. The van der Waals surface area contributed by atoms with E-state index in [9.17, 15) is 4.79 Å². The number of rotatable bonds is 6. The van der Waals surface area contributed by atoms with Gasteiger partial charge in [0, 0.05) is 10.5 Å². The van der Waals surface area contributed by atoms with Crippen molar-refractivity contribution in [1.29, 1.82) is 0 Å². The van der Waals surface area contributed by atoms with Gasteiger partial charge in [-0.15, -0.1) is 18.2 Å². The second-order valence-electron chi connectivity index (χ2n) is 4.35. The highest BCUT2D eigenvalue weighted by Crippen LogP contribution is 2.24. The smallest absolute Gasteiger partial charge is 0.179 e. The molecule has 2 rings (SSSR count). The van der Waals surface area contributed by atoms with Crippen molar-refractivity contribution in [3.05, 3.63) is 59.7 Å². The van der Waals surface area contributed by atoms with Crippen molar-refractivity contribution in [3.8, 4) is 18.1 Å². The topological polar surface area (TPSA) is 26.3 Å². The molecular weight excluding hydrogens is 280 g/mol. The second-order valence-corrected chi connectivity index (χ2v) is 5.68. The van der Waals surface area contributed by atoms with Crippen LogP contribution in [0, 0.1) is 12.3 Å². The number of ether oxygens (including phenoxy) is 1. The molecule has 1 atom stereocenters. The number of thioether (sulfide) groups is 1. The average molecular weight is 296 g/mol. The van der Waals surface area contributed by atoms with Crippen LogP contribution >= 0.6 is 11.8 Å².